The van der Waals surface area contributed by atoms with E-state index in [0.29, 0.717) is 90.6 Å². The highest BCUT2D eigenvalue weighted by Gasteiger charge is 2.73. The van der Waals surface area contributed by atoms with Crippen LogP contribution in [-0.4, -0.2) is 176 Å². The lowest BCUT2D eigenvalue weighted by Gasteiger charge is -2.42. The van der Waals surface area contributed by atoms with Crippen LogP contribution in [0, 0.1) is 33.8 Å². The predicted molar refractivity (Wildman–Crippen MR) is 272 cm³/mol. The van der Waals surface area contributed by atoms with Crippen LogP contribution in [0.3, 0.4) is 0 Å². The number of nitrogens with two attached hydrogens (primary N) is 1. The summed E-state index contributed by atoms with van der Waals surface area (Å²) in [5.74, 6) is 0.950. The van der Waals surface area contributed by atoms with Gasteiger partial charge >= 0.3 is 12.2 Å². The maximum absolute atomic E-state index is 12.4. The van der Waals surface area contributed by atoms with Crippen molar-refractivity contribution >= 4 is 41.1 Å². The van der Waals surface area contributed by atoms with E-state index in [4.69, 9.17) is 90.5 Å². The summed E-state index contributed by atoms with van der Waals surface area (Å²) >= 11 is 9.53. The maximum atomic E-state index is 12.4. The molecule has 2 saturated carbocycles. The van der Waals surface area contributed by atoms with Gasteiger partial charge < -0.3 is 72.6 Å². The summed E-state index contributed by atoms with van der Waals surface area (Å²) in [4.78, 5) is 35.0. The van der Waals surface area contributed by atoms with Gasteiger partial charge in [0, 0.05) is 53.7 Å². The third kappa shape index (κ3) is 18.2. The minimum atomic E-state index is -0.879. The van der Waals surface area contributed by atoms with E-state index in [0.717, 1.165) is 12.8 Å². The lowest BCUT2D eigenvalue weighted by molar-refractivity contribution is -0.384. The molecule has 416 valence electrons. The number of non-ortho nitro benzene ring substituents is 1. The van der Waals surface area contributed by atoms with Crippen LogP contribution >= 0.6 is 23.2 Å². The molecular weight excluding hydrogens is 997 g/mol. The van der Waals surface area contributed by atoms with Gasteiger partial charge in [0.25, 0.3) is 5.69 Å². The Balaban J connectivity index is 0.000000264. The van der Waals surface area contributed by atoms with Crippen LogP contribution in [-0.2, 0) is 56.8 Å². The molecule has 22 heteroatoms. The second-order valence-corrected chi connectivity index (χ2v) is 20.4. The Morgan fingerprint density at radius 2 is 1.22 bits per heavy atom. The van der Waals surface area contributed by atoms with E-state index in [9.17, 15) is 19.7 Å². The highest BCUT2D eigenvalue weighted by molar-refractivity contribution is 6.40. The smallest absolute Gasteiger partial charge is 0.443 e. The third-order valence-corrected chi connectivity index (χ3v) is 13.6. The molecule has 3 N–H and O–H groups in total. The summed E-state index contributed by atoms with van der Waals surface area (Å²) in [6.45, 7) is 18.4. The number of halogens is 2. The number of hydrogen-bond donors (Lipinski definition) is 2. The summed E-state index contributed by atoms with van der Waals surface area (Å²) in [5, 5.41) is 13.7. The van der Waals surface area contributed by atoms with Gasteiger partial charge in [-0.2, -0.15) is 0 Å². The highest BCUT2D eigenvalue weighted by Crippen LogP contribution is 2.60. The van der Waals surface area contributed by atoms with Gasteiger partial charge in [0.15, 0.2) is 0 Å². The van der Waals surface area contributed by atoms with E-state index in [1.165, 1.54) is 24.3 Å². The number of nitro benzene ring substituents is 1. The third-order valence-electron chi connectivity index (χ3n) is 13.6. The quantitative estimate of drug-likeness (QED) is 0.0159. The van der Waals surface area contributed by atoms with E-state index in [1.807, 2.05) is 0 Å². The van der Waals surface area contributed by atoms with Gasteiger partial charge in [-0.1, -0.05) is 52.0 Å². The summed E-state index contributed by atoms with van der Waals surface area (Å²) in [6.07, 6.45) is 8.41. The molecule has 4 heterocycles. The molecule has 2 aliphatic carbocycles. The number of nitrogens with zero attached hydrogens (tertiary/aromatic N) is 1. The van der Waals surface area contributed by atoms with Crippen molar-refractivity contribution in [3.8, 4) is 5.75 Å². The number of hydrogen-bond acceptors (Lipinski definition) is 18. The largest absolute Gasteiger partial charge is 0.514 e. The Morgan fingerprint density at radius 1 is 0.767 bits per heavy atom. The van der Waals surface area contributed by atoms with Crippen LogP contribution in [0.15, 0.2) is 48.6 Å². The number of benzene rings is 1. The fourth-order valence-electron chi connectivity index (χ4n) is 9.74. The maximum Gasteiger partial charge on any atom is 0.514 e. The van der Waals surface area contributed by atoms with Gasteiger partial charge in [0.1, 0.15) is 64.8 Å². The van der Waals surface area contributed by atoms with Gasteiger partial charge in [0.05, 0.1) is 75.0 Å². The Morgan fingerprint density at radius 3 is 1.62 bits per heavy atom. The molecule has 2 spiro atoms. The SMILES string of the molecule is COCCOCCN.COCCOCCNC(=O)O[C@@H]1CC[C@]2(CO2)C([C@]2(C)O[C@@H]2/C=C/C(C)C)[C@@H]1OC.CO[C@H]1C([C@]2(C)O[C@@H]2/C=C/C(C)C)[C@]2(CC[C@H]1OC(=O)Oc1ccc([N+](=O)[O-])cc1)CO2.ClCCl. The molecule has 7 rings (SSSR count). The summed E-state index contributed by atoms with van der Waals surface area (Å²) in [7, 11) is 6.53. The van der Waals surface area contributed by atoms with Crippen molar-refractivity contribution in [2.75, 3.05) is 99.7 Å². The molecule has 73 heavy (non-hydrogen) atoms. The Kier molecular flexibility index (Phi) is 25.5. The molecule has 1 aromatic carbocycles. The standard InChI is InChI=1S/C23H29NO8.C22H37NO7.C5H13NO2.CH2Cl2/c1-14(2)5-10-18-22(3,32-18)20-19(28-4)17(11-12-23(20)13-29-23)31-21(25)30-16-8-6-15(7-9-16)24(26)27;1-15(2)6-7-17-21(3,30-17)19-18(26-5)16(8-9-22(19)14-28-22)29-20(24)23-10-11-27-13-12-25-4;1-7-4-5-8-3-2-6;2-1-3/h5-10,14,17-20H,11-13H2,1-4H3;6-7,15-19H,8-14H2,1-5H3,(H,23,24);2-6H2,1H3;1H2/b10-5+;7-6+;;/t17-,18-,19-,20?,22-,23+;16-,17-,18-,19?,21-,22+;;/m11../s1. The molecule has 12 atom stereocenters. The zero-order chi connectivity index (χ0) is 53.8. The second-order valence-electron chi connectivity index (χ2n) is 19.6. The molecule has 2 unspecified atom stereocenters. The van der Waals surface area contributed by atoms with Crippen molar-refractivity contribution < 1.29 is 76.1 Å². The van der Waals surface area contributed by atoms with E-state index < -0.39 is 35.0 Å². The van der Waals surface area contributed by atoms with E-state index >= 15 is 0 Å². The number of nitro groups is 1. The van der Waals surface area contributed by atoms with Gasteiger partial charge in [-0.3, -0.25) is 10.1 Å². The lowest BCUT2D eigenvalue weighted by atomic mass is 9.68. The molecule has 0 radical (unpaired) electrons. The molecule has 4 saturated heterocycles. The number of epoxide rings is 4. The van der Waals surface area contributed by atoms with Crippen LogP contribution in [0.5, 0.6) is 5.75 Å². The van der Waals surface area contributed by atoms with Crippen molar-refractivity contribution in [1.29, 1.82) is 0 Å². The topological polar surface area (TPSA) is 249 Å². The number of methoxy groups -OCH3 is 4. The fraction of sp³-hybridized carbons (Fsp3) is 0.765. The van der Waals surface area contributed by atoms with Crippen LogP contribution in [0.25, 0.3) is 0 Å². The second kappa shape index (κ2) is 29.9. The first-order valence-electron chi connectivity index (χ1n) is 25.0. The number of rotatable bonds is 23. The number of amides is 1. The molecule has 0 aromatic heterocycles. The Bertz CT molecular complexity index is 1880. The minimum absolute atomic E-state index is 0.000685. The molecule has 0 bridgehead atoms. The van der Waals surface area contributed by atoms with Crippen molar-refractivity contribution in [3.63, 3.8) is 0 Å². The lowest BCUT2D eigenvalue weighted by Crippen LogP contribution is -2.56. The Hall–Kier alpha value is -3.22. The van der Waals surface area contributed by atoms with Crippen molar-refractivity contribution in [2.45, 2.75) is 126 Å². The molecular formula is C51H81Cl2N3O17. The number of nitrogens with one attached hydrogen (secondary N) is 1. The average molecular weight is 1080 g/mol. The van der Waals surface area contributed by atoms with Crippen molar-refractivity contribution in [1.82, 2.24) is 5.32 Å². The zero-order valence-electron chi connectivity index (χ0n) is 44.2. The highest BCUT2D eigenvalue weighted by atomic mass is 35.5. The fourth-order valence-corrected chi connectivity index (χ4v) is 9.74. The minimum Gasteiger partial charge on any atom is -0.443 e. The van der Waals surface area contributed by atoms with Crippen molar-refractivity contribution in [2.24, 2.45) is 29.4 Å². The number of alkyl carbamates (subject to hydrolysis) is 1. The van der Waals surface area contributed by atoms with Crippen LogP contribution in [0.2, 0.25) is 0 Å². The van der Waals surface area contributed by atoms with E-state index in [2.05, 4.69) is 71.2 Å². The van der Waals surface area contributed by atoms with Crippen molar-refractivity contribution in [3.05, 3.63) is 58.7 Å². The van der Waals surface area contributed by atoms with Gasteiger partial charge in [-0.15, -0.1) is 23.2 Å². The van der Waals surface area contributed by atoms with Gasteiger partial charge in [0.2, 0.25) is 0 Å². The normalized spacial score (nSPS) is 32.5. The summed E-state index contributed by atoms with van der Waals surface area (Å²) < 4.78 is 72.3. The number of carbonyl (C=O) groups is 2. The first-order chi connectivity index (χ1) is 34.9. The monoisotopic (exact) mass is 1080 g/mol. The molecule has 6 fully saturated rings. The number of allylic oxidation sites excluding steroid dienone is 2. The first kappa shape index (κ1) is 62.3. The zero-order valence-corrected chi connectivity index (χ0v) is 45.7. The van der Waals surface area contributed by atoms with E-state index in [1.54, 1.807) is 28.4 Å². The molecule has 20 nitrogen and oxygen atoms in total. The predicted octanol–water partition coefficient (Wildman–Crippen LogP) is 7.38. The number of alkyl halides is 2. The first-order valence-corrected chi connectivity index (χ1v) is 26.0. The summed E-state index contributed by atoms with van der Waals surface area (Å²) in [5.41, 5.74) is 3.66. The molecule has 1 aromatic rings. The van der Waals surface area contributed by atoms with Crippen LogP contribution in [0.1, 0.15) is 67.2 Å². The summed E-state index contributed by atoms with van der Waals surface area (Å²) in [6, 6.07) is 5.24. The van der Waals surface area contributed by atoms with E-state index in [-0.39, 0.29) is 69.8 Å². The van der Waals surface area contributed by atoms with Gasteiger partial charge in [-0.05, 0) is 63.5 Å². The Labute approximate surface area is 440 Å². The van der Waals surface area contributed by atoms with Crippen LogP contribution in [0.4, 0.5) is 15.3 Å². The average Bonchev–Trinajstić information content (AvgIpc) is 4.25. The number of ether oxygens (including phenoxy) is 13. The molecule has 6 aliphatic rings. The number of carbonyl (C=O) groups excluding carboxylic acids is 2. The van der Waals surface area contributed by atoms with Gasteiger partial charge in [-0.25, -0.2) is 9.59 Å². The molecule has 1 amide bonds. The van der Waals surface area contributed by atoms with Crippen LogP contribution < -0.4 is 15.8 Å². The molecule has 4 aliphatic heterocycles.